The van der Waals surface area contributed by atoms with Crippen LogP contribution < -0.4 is 0 Å². The van der Waals surface area contributed by atoms with E-state index in [1.807, 2.05) is 6.92 Å². The van der Waals surface area contributed by atoms with Gasteiger partial charge in [-0.1, -0.05) is 6.92 Å². The molecule has 0 saturated carbocycles. The average molecular weight is 269 g/mol. The van der Waals surface area contributed by atoms with Crippen molar-refractivity contribution < 1.29 is 19.4 Å². The topological polar surface area (TPSA) is 66.8 Å². The zero-order valence-electron chi connectivity index (χ0n) is 11.9. The van der Waals surface area contributed by atoms with Crippen LogP contribution in [0, 0.1) is 5.92 Å². The highest BCUT2D eigenvalue weighted by molar-refractivity contribution is 6.08. The fourth-order valence-corrected chi connectivity index (χ4v) is 2.94. The molecule has 5 nitrogen and oxygen atoms in total. The molecular formula is C14H23NO4. The van der Waals surface area contributed by atoms with Crippen LogP contribution >= 0.6 is 0 Å². The van der Waals surface area contributed by atoms with Gasteiger partial charge >= 0.3 is 5.79 Å². The predicted octanol–water partition coefficient (Wildman–Crippen LogP) is 1.09. The molecule has 5 heteroatoms. The molecule has 4 atom stereocenters. The average Bonchev–Trinajstić information content (AvgIpc) is 2.76. The van der Waals surface area contributed by atoms with Crippen molar-refractivity contribution in [1.29, 1.82) is 0 Å². The van der Waals surface area contributed by atoms with E-state index < -0.39 is 17.5 Å². The van der Waals surface area contributed by atoms with Crippen LogP contribution in [0.25, 0.3) is 0 Å². The lowest BCUT2D eigenvalue weighted by Crippen LogP contribution is -2.58. The van der Waals surface area contributed by atoms with Crippen molar-refractivity contribution in [3.8, 4) is 0 Å². The first-order valence-electron chi connectivity index (χ1n) is 7.12. The molecule has 2 aliphatic heterocycles. The molecule has 2 fully saturated rings. The van der Waals surface area contributed by atoms with Crippen LogP contribution in [0.1, 0.15) is 46.5 Å². The molecule has 0 aliphatic carbocycles. The minimum atomic E-state index is -2.28. The van der Waals surface area contributed by atoms with Crippen molar-refractivity contribution >= 4 is 11.7 Å². The molecule has 19 heavy (non-hydrogen) atoms. The summed E-state index contributed by atoms with van der Waals surface area (Å²) in [5.41, 5.74) is 0. The number of hydrogen-bond acceptors (Lipinski definition) is 4. The van der Waals surface area contributed by atoms with E-state index in [9.17, 15) is 14.7 Å². The molecule has 2 saturated heterocycles. The molecule has 0 aromatic carbocycles. The summed E-state index contributed by atoms with van der Waals surface area (Å²) in [4.78, 5) is 26.4. The van der Waals surface area contributed by atoms with Crippen LogP contribution in [0.4, 0.5) is 0 Å². The third kappa shape index (κ3) is 2.54. The van der Waals surface area contributed by atoms with Gasteiger partial charge in [-0.3, -0.25) is 9.59 Å². The van der Waals surface area contributed by atoms with Crippen LogP contribution in [0.3, 0.4) is 0 Å². The molecule has 0 radical (unpaired) electrons. The first-order chi connectivity index (χ1) is 8.86. The number of likely N-dealkylation sites (tertiary alicyclic amines) is 1. The Kier molecular flexibility index (Phi) is 3.97. The lowest BCUT2D eigenvalue weighted by Gasteiger charge is -2.33. The summed E-state index contributed by atoms with van der Waals surface area (Å²) in [5, 5.41) is 10.5. The first-order valence-corrected chi connectivity index (χ1v) is 7.12. The van der Waals surface area contributed by atoms with Gasteiger partial charge in [0, 0.05) is 18.5 Å². The Hall–Kier alpha value is -0.940. The second-order valence-electron chi connectivity index (χ2n) is 5.90. The zero-order chi connectivity index (χ0) is 14.2. The number of carbonyl (C=O) groups is 2. The summed E-state index contributed by atoms with van der Waals surface area (Å²) in [5.74, 6) is -3.71. The van der Waals surface area contributed by atoms with E-state index in [1.165, 1.54) is 0 Å². The Morgan fingerprint density at radius 2 is 2.00 bits per heavy atom. The molecule has 2 aliphatic rings. The third-order valence-electron chi connectivity index (χ3n) is 4.26. The maximum atomic E-state index is 12.5. The highest BCUT2D eigenvalue weighted by Crippen LogP contribution is 2.30. The summed E-state index contributed by atoms with van der Waals surface area (Å²) in [6, 6.07) is 0.0572. The molecule has 0 aromatic rings. The van der Waals surface area contributed by atoms with Crippen molar-refractivity contribution in [3.63, 3.8) is 0 Å². The second-order valence-corrected chi connectivity index (χ2v) is 5.90. The lowest BCUT2D eigenvalue weighted by molar-refractivity contribution is -0.224. The van der Waals surface area contributed by atoms with Crippen LogP contribution in [-0.2, 0) is 14.3 Å². The van der Waals surface area contributed by atoms with Crippen molar-refractivity contribution in [2.24, 2.45) is 5.92 Å². The number of nitrogens with zero attached hydrogens (tertiary/aromatic N) is 1. The maximum Gasteiger partial charge on any atom is 0.309 e. The molecule has 0 bridgehead atoms. The third-order valence-corrected chi connectivity index (χ3v) is 4.26. The summed E-state index contributed by atoms with van der Waals surface area (Å²) in [7, 11) is 0. The van der Waals surface area contributed by atoms with E-state index in [0.29, 0.717) is 19.4 Å². The fraction of sp³-hybridized carbons (Fsp3) is 0.857. The molecular weight excluding hydrogens is 246 g/mol. The standard InChI is InChI=1S/C14H23NO4/c1-9-6-7-11(3)19-14(18,12(9)16)13(17)15-8-4-5-10(15)2/h9-11,18H,4-8H2,1-3H3. The van der Waals surface area contributed by atoms with Gasteiger partial charge in [-0.05, 0) is 39.5 Å². The number of amides is 1. The summed E-state index contributed by atoms with van der Waals surface area (Å²) < 4.78 is 5.42. The van der Waals surface area contributed by atoms with Gasteiger partial charge < -0.3 is 14.7 Å². The maximum absolute atomic E-state index is 12.5. The van der Waals surface area contributed by atoms with Crippen LogP contribution in [0.15, 0.2) is 0 Å². The van der Waals surface area contributed by atoms with E-state index >= 15 is 0 Å². The lowest BCUT2D eigenvalue weighted by atomic mass is 9.94. The van der Waals surface area contributed by atoms with Gasteiger partial charge in [0.1, 0.15) is 0 Å². The van der Waals surface area contributed by atoms with Crippen LogP contribution in [0.2, 0.25) is 0 Å². The van der Waals surface area contributed by atoms with E-state index in [-0.39, 0.29) is 18.1 Å². The Morgan fingerprint density at radius 1 is 1.32 bits per heavy atom. The van der Waals surface area contributed by atoms with Crippen molar-refractivity contribution in [3.05, 3.63) is 0 Å². The van der Waals surface area contributed by atoms with Crippen molar-refractivity contribution in [2.75, 3.05) is 6.54 Å². The minimum Gasteiger partial charge on any atom is -0.352 e. The molecule has 108 valence electrons. The van der Waals surface area contributed by atoms with Gasteiger partial charge in [0.05, 0.1) is 6.10 Å². The monoisotopic (exact) mass is 269 g/mol. The van der Waals surface area contributed by atoms with Gasteiger partial charge in [-0.25, -0.2) is 0 Å². The molecule has 2 heterocycles. The van der Waals surface area contributed by atoms with Crippen molar-refractivity contribution in [2.45, 2.75) is 64.4 Å². The van der Waals surface area contributed by atoms with Gasteiger partial charge in [0.15, 0.2) is 0 Å². The van der Waals surface area contributed by atoms with Gasteiger partial charge in [-0.2, -0.15) is 0 Å². The molecule has 1 amide bonds. The van der Waals surface area contributed by atoms with Gasteiger partial charge in [0.2, 0.25) is 5.78 Å². The van der Waals surface area contributed by atoms with Gasteiger partial charge in [0.25, 0.3) is 5.91 Å². The van der Waals surface area contributed by atoms with E-state index in [4.69, 9.17) is 4.74 Å². The predicted molar refractivity (Wildman–Crippen MR) is 69.3 cm³/mol. The first kappa shape index (κ1) is 14.5. The number of carbonyl (C=O) groups excluding carboxylic acids is 2. The normalized spacial score (nSPS) is 40.3. The second kappa shape index (κ2) is 5.21. The number of Topliss-reactive ketones (excluding diaryl/α,β-unsaturated/α-hetero) is 1. The molecule has 4 unspecified atom stereocenters. The summed E-state index contributed by atoms with van der Waals surface area (Å²) in [6.07, 6.45) is 2.84. The molecule has 2 rings (SSSR count). The van der Waals surface area contributed by atoms with Gasteiger partial charge in [-0.15, -0.1) is 0 Å². The number of aliphatic hydroxyl groups is 1. The van der Waals surface area contributed by atoms with E-state index in [2.05, 4.69) is 0 Å². The van der Waals surface area contributed by atoms with Crippen LogP contribution in [-0.4, -0.2) is 46.2 Å². The fourth-order valence-electron chi connectivity index (χ4n) is 2.94. The summed E-state index contributed by atoms with van der Waals surface area (Å²) >= 11 is 0. The zero-order valence-corrected chi connectivity index (χ0v) is 11.9. The SMILES string of the molecule is CC1CCC(C)C(=O)C(O)(C(=O)N2CCCC2C)O1. The Balaban J connectivity index is 2.27. The number of ether oxygens (including phenoxy) is 1. The van der Waals surface area contributed by atoms with E-state index in [0.717, 1.165) is 12.8 Å². The van der Waals surface area contributed by atoms with Crippen molar-refractivity contribution in [1.82, 2.24) is 4.90 Å². The Labute approximate surface area is 113 Å². The Morgan fingerprint density at radius 3 is 2.58 bits per heavy atom. The molecule has 0 aromatic heterocycles. The number of ketones is 1. The van der Waals surface area contributed by atoms with E-state index in [1.54, 1.807) is 18.7 Å². The highest BCUT2D eigenvalue weighted by atomic mass is 16.6. The smallest absolute Gasteiger partial charge is 0.309 e. The number of hydrogen-bond donors (Lipinski definition) is 1. The summed E-state index contributed by atoms with van der Waals surface area (Å²) in [6.45, 7) is 6.05. The quantitative estimate of drug-likeness (QED) is 0.724. The minimum absolute atomic E-state index is 0.0572. The highest BCUT2D eigenvalue weighted by Gasteiger charge is 2.52. The molecule has 0 spiro atoms. The largest absolute Gasteiger partial charge is 0.352 e. The Bertz CT molecular complexity index is 384. The molecule has 1 N–H and O–H groups in total. The number of rotatable bonds is 1. The van der Waals surface area contributed by atoms with Crippen LogP contribution in [0.5, 0.6) is 0 Å².